The molecule has 6 heteroatoms. The standard InChI is InChI=1S/C23H27NO.C4H4O4/c1-4-5-15-25-20-12-13-21-19(16-20)17-23(2,3)24-22(21)14-11-18-9-7-6-8-10-18;5-3(6)1-2-4(7)8/h6-14,16H,4-5,15,17H2,1-3H3;1-2H,(H,5,6)(H,7,8)/b;2-1+. The van der Waals surface area contributed by atoms with Crippen molar-refractivity contribution in [2.75, 3.05) is 6.61 Å². The lowest BCUT2D eigenvalue weighted by atomic mass is 9.86. The van der Waals surface area contributed by atoms with Crippen LogP contribution in [0.2, 0.25) is 0 Å². The molecule has 0 spiro atoms. The van der Waals surface area contributed by atoms with Crippen molar-refractivity contribution in [3.63, 3.8) is 0 Å². The molecule has 0 saturated carbocycles. The first kappa shape index (κ1) is 25.6. The molecule has 2 aromatic rings. The fourth-order valence-corrected chi connectivity index (χ4v) is 3.29. The zero-order chi connectivity index (χ0) is 24.3. The van der Waals surface area contributed by atoms with E-state index < -0.39 is 11.9 Å². The van der Waals surface area contributed by atoms with Gasteiger partial charge in [-0.25, -0.2) is 9.59 Å². The summed E-state index contributed by atoms with van der Waals surface area (Å²) in [6.45, 7) is 7.35. The fourth-order valence-electron chi connectivity index (χ4n) is 3.29. The van der Waals surface area contributed by atoms with Crippen LogP contribution in [0.4, 0.5) is 0 Å². The van der Waals surface area contributed by atoms with Crippen LogP contribution in [-0.4, -0.2) is 40.0 Å². The summed E-state index contributed by atoms with van der Waals surface area (Å²) in [4.78, 5) is 24.1. The molecule has 1 aliphatic rings. The number of unbranched alkanes of at least 4 members (excludes halogenated alkanes) is 1. The molecule has 6 nitrogen and oxygen atoms in total. The molecule has 0 amide bonds. The Kier molecular flexibility index (Phi) is 9.61. The SMILES string of the molecule is CCCCOc1ccc2c(c1)CC(C)(C)N=C2C=Cc1ccccc1.O=C(O)/C=C/C(=O)O. The third-order valence-electron chi connectivity index (χ3n) is 4.77. The summed E-state index contributed by atoms with van der Waals surface area (Å²) >= 11 is 0. The van der Waals surface area contributed by atoms with Gasteiger partial charge in [-0.05, 0) is 62.1 Å². The second-order valence-electron chi connectivity index (χ2n) is 8.26. The predicted octanol–water partition coefficient (Wildman–Crippen LogP) is 5.41. The molecule has 0 fully saturated rings. The topological polar surface area (TPSA) is 96.2 Å². The molecule has 2 N–H and O–H groups in total. The number of aliphatic carboxylic acids is 2. The minimum Gasteiger partial charge on any atom is -0.494 e. The zero-order valence-electron chi connectivity index (χ0n) is 19.3. The molecule has 0 atom stereocenters. The van der Waals surface area contributed by atoms with E-state index in [2.05, 4.69) is 75.4 Å². The van der Waals surface area contributed by atoms with Crippen molar-refractivity contribution in [2.24, 2.45) is 4.99 Å². The summed E-state index contributed by atoms with van der Waals surface area (Å²) in [7, 11) is 0. The maximum atomic E-state index is 9.55. The molecule has 0 saturated heterocycles. The molecule has 0 radical (unpaired) electrons. The van der Waals surface area contributed by atoms with E-state index in [9.17, 15) is 9.59 Å². The lowest BCUT2D eigenvalue weighted by Crippen LogP contribution is -2.28. The van der Waals surface area contributed by atoms with Crippen molar-refractivity contribution in [2.45, 2.75) is 45.6 Å². The van der Waals surface area contributed by atoms with Crippen LogP contribution >= 0.6 is 0 Å². The molecule has 0 aromatic heterocycles. The van der Waals surface area contributed by atoms with Gasteiger partial charge in [0.1, 0.15) is 5.75 Å². The number of aliphatic imine (C=N–C) groups is 1. The Balaban J connectivity index is 0.000000414. The van der Waals surface area contributed by atoms with Crippen molar-refractivity contribution in [3.8, 4) is 5.75 Å². The smallest absolute Gasteiger partial charge is 0.328 e. The van der Waals surface area contributed by atoms with Gasteiger partial charge in [0.05, 0.1) is 17.9 Å². The Labute approximate surface area is 195 Å². The van der Waals surface area contributed by atoms with E-state index in [1.54, 1.807) is 0 Å². The second kappa shape index (κ2) is 12.4. The van der Waals surface area contributed by atoms with Crippen LogP contribution < -0.4 is 4.74 Å². The Hall–Kier alpha value is -3.67. The average Bonchev–Trinajstić information content (AvgIpc) is 2.76. The highest BCUT2D eigenvalue weighted by molar-refractivity contribution is 6.12. The second-order valence-corrected chi connectivity index (χ2v) is 8.26. The molecule has 33 heavy (non-hydrogen) atoms. The molecule has 174 valence electrons. The van der Waals surface area contributed by atoms with Gasteiger partial charge in [0.2, 0.25) is 0 Å². The first-order valence-electron chi connectivity index (χ1n) is 10.9. The number of carboxylic acid groups (broad SMARTS) is 2. The summed E-state index contributed by atoms with van der Waals surface area (Å²) in [5, 5.41) is 15.6. The third kappa shape index (κ3) is 9.15. The normalized spacial score (nSPS) is 14.2. The Morgan fingerprint density at radius 3 is 2.30 bits per heavy atom. The fraction of sp³-hybridized carbons (Fsp3) is 0.296. The van der Waals surface area contributed by atoms with Gasteiger partial charge in [-0.15, -0.1) is 0 Å². The van der Waals surface area contributed by atoms with E-state index in [1.807, 2.05) is 6.07 Å². The minimum absolute atomic E-state index is 0.0919. The van der Waals surface area contributed by atoms with E-state index in [4.69, 9.17) is 19.9 Å². The van der Waals surface area contributed by atoms with E-state index in [0.29, 0.717) is 12.2 Å². The monoisotopic (exact) mass is 449 g/mol. The largest absolute Gasteiger partial charge is 0.494 e. The van der Waals surface area contributed by atoms with Crippen LogP contribution in [-0.2, 0) is 16.0 Å². The van der Waals surface area contributed by atoms with Gasteiger partial charge < -0.3 is 14.9 Å². The van der Waals surface area contributed by atoms with E-state index in [1.165, 1.54) is 16.7 Å². The number of nitrogens with zero attached hydrogens (tertiary/aromatic N) is 1. The van der Waals surface area contributed by atoms with Crippen LogP contribution in [0, 0.1) is 0 Å². The highest BCUT2D eigenvalue weighted by atomic mass is 16.5. The zero-order valence-corrected chi connectivity index (χ0v) is 19.3. The van der Waals surface area contributed by atoms with Crippen molar-refractivity contribution < 1.29 is 24.5 Å². The molecule has 3 rings (SSSR count). The number of hydrogen-bond acceptors (Lipinski definition) is 4. The number of benzene rings is 2. The minimum atomic E-state index is -1.26. The molecular weight excluding hydrogens is 418 g/mol. The first-order chi connectivity index (χ1) is 15.7. The van der Waals surface area contributed by atoms with Gasteiger partial charge in [0.15, 0.2) is 0 Å². The molecule has 1 heterocycles. The maximum absolute atomic E-state index is 9.55. The number of carbonyl (C=O) groups is 2. The van der Waals surface area contributed by atoms with Crippen molar-refractivity contribution in [3.05, 3.63) is 83.4 Å². The predicted molar refractivity (Wildman–Crippen MR) is 131 cm³/mol. The lowest BCUT2D eigenvalue weighted by molar-refractivity contribution is -0.134. The highest BCUT2D eigenvalue weighted by Crippen LogP contribution is 2.30. The van der Waals surface area contributed by atoms with Crippen LogP contribution in [0.15, 0.2) is 71.8 Å². The number of hydrogen-bond donors (Lipinski definition) is 2. The first-order valence-corrected chi connectivity index (χ1v) is 10.9. The Bertz CT molecular complexity index is 1020. The van der Waals surface area contributed by atoms with E-state index >= 15 is 0 Å². The summed E-state index contributed by atoms with van der Waals surface area (Å²) in [5.41, 5.74) is 4.69. The van der Waals surface area contributed by atoms with Crippen molar-refractivity contribution in [1.82, 2.24) is 0 Å². The van der Waals surface area contributed by atoms with Crippen LogP contribution in [0.3, 0.4) is 0 Å². The molecule has 2 aromatic carbocycles. The maximum Gasteiger partial charge on any atom is 0.328 e. The quantitative estimate of drug-likeness (QED) is 0.415. The number of fused-ring (bicyclic) bond motifs is 1. The Morgan fingerprint density at radius 1 is 1.03 bits per heavy atom. The summed E-state index contributed by atoms with van der Waals surface area (Å²) in [6.07, 6.45) is 8.57. The average molecular weight is 450 g/mol. The molecule has 0 unspecified atom stereocenters. The summed E-state index contributed by atoms with van der Waals surface area (Å²) in [6, 6.07) is 16.8. The highest BCUT2D eigenvalue weighted by Gasteiger charge is 2.26. The van der Waals surface area contributed by atoms with Crippen molar-refractivity contribution in [1.29, 1.82) is 0 Å². The van der Waals surface area contributed by atoms with E-state index in [0.717, 1.165) is 37.3 Å². The number of carboxylic acids is 2. The molecule has 0 aliphatic carbocycles. The Morgan fingerprint density at radius 2 is 1.70 bits per heavy atom. The number of ether oxygens (including phenoxy) is 1. The number of rotatable bonds is 8. The van der Waals surface area contributed by atoms with Gasteiger partial charge in [-0.3, -0.25) is 4.99 Å². The van der Waals surface area contributed by atoms with Crippen LogP contribution in [0.1, 0.15) is 50.3 Å². The van der Waals surface area contributed by atoms with Crippen LogP contribution in [0.25, 0.3) is 6.08 Å². The summed E-state index contributed by atoms with van der Waals surface area (Å²) in [5.74, 6) is -1.55. The van der Waals surface area contributed by atoms with E-state index in [-0.39, 0.29) is 5.54 Å². The molecule has 0 bridgehead atoms. The van der Waals surface area contributed by atoms with Crippen molar-refractivity contribution >= 4 is 23.7 Å². The van der Waals surface area contributed by atoms with Gasteiger partial charge in [0.25, 0.3) is 0 Å². The lowest BCUT2D eigenvalue weighted by Gasteiger charge is -2.28. The third-order valence-corrected chi connectivity index (χ3v) is 4.77. The molecule has 1 aliphatic heterocycles. The van der Waals surface area contributed by atoms with Gasteiger partial charge in [-0.1, -0.05) is 49.8 Å². The van der Waals surface area contributed by atoms with Gasteiger partial charge in [-0.2, -0.15) is 0 Å². The number of allylic oxidation sites excluding steroid dienone is 1. The van der Waals surface area contributed by atoms with Gasteiger partial charge in [0, 0.05) is 17.7 Å². The summed E-state index contributed by atoms with van der Waals surface area (Å²) < 4.78 is 5.89. The van der Waals surface area contributed by atoms with Crippen LogP contribution in [0.5, 0.6) is 5.75 Å². The van der Waals surface area contributed by atoms with Gasteiger partial charge >= 0.3 is 11.9 Å². The molecular formula is C27H31NO5.